The molecule has 1 aromatic rings. The summed E-state index contributed by atoms with van der Waals surface area (Å²) in [6.07, 6.45) is 4.72. The number of allylic oxidation sites excluding steroid dienone is 4. The molecule has 2 atom stereocenters. The number of nitro benzene ring substituents is 1. The molecule has 0 amide bonds. The molecule has 0 saturated carbocycles. The van der Waals surface area contributed by atoms with Crippen LogP contribution < -0.4 is 0 Å². The van der Waals surface area contributed by atoms with Gasteiger partial charge in [0.25, 0.3) is 5.69 Å². The Morgan fingerprint density at radius 2 is 1.82 bits per heavy atom. The summed E-state index contributed by atoms with van der Waals surface area (Å²) < 4.78 is 13.9. The van der Waals surface area contributed by atoms with E-state index >= 15 is 0 Å². The topological polar surface area (TPSA) is 43.1 Å². The van der Waals surface area contributed by atoms with Gasteiger partial charge in [-0.2, -0.15) is 0 Å². The van der Waals surface area contributed by atoms with E-state index < -0.39 is 4.92 Å². The summed E-state index contributed by atoms with van der Waals surface area (Å²) in [5.74, 6) is -0.0157. The van der Waals surface area contributed by atoms with Crippen LogP contribution in [-0.2, 0) is 0 Å². The fraction of sp³-hybridized carbons (Fsp3) is 0.231. The van der Waals surface area contributed by atoms with Crippen LogP contribution in [0.25, 0.3) is 5.57 Å². The van der Waals surface area contributed by atoms with Crippen molar-refractivity contribution in [2.24, 2.45) is 11.8 Å². The third kappa shape index (κ3) is 1.48. The first-order chi connectivity index (χ1) is 8.16. The molecule has 0 saturated heterocycles. The maximum atomic E-state index is 13.9. The van der Waals surface area contributed by atoms with Crippen LogP contribution in [0, 0.1) is 22.0 Å². The Bertz CT molecular complexity index is 545. The third-order valence-corrected chi connectivity index (χ3v) is 3.43. The van der Waals surface area contributed by atoms with Gasteiger partial charge in [-0.15, -0.1) is 0 Å². The maximum Gasteiger partial charge on any atom is 0.269 e. The molecule has 17 heavy (non-hydrogen) atoms. The third-order valence-electron chi connectivity index (χ3n) is 3.43. The molecule has 1 aromatic carbocycles. The summed E-state index contributed by atoms with van der Waals surface area (Å²) in [5, 5.41) is 10.5. The van der Waals surface area contributed by atoms with Crippen molar-refractivity contribution < 1.29 is 9.31 Å². The van der Waals surface area contributed by atoms with Crippen LogP contribution >= 0.6 is 0 Å². The van der Waals surface area contributed by atoms with Crippen LogP contribution in [-0.4, -0.2) is 4.92 Å². The Morgan fingerprint density at radius 1 is 1.18 bits per heavy atom. The van der Waals surface area contributed by atoms with Crippen LogP contribution in [0.1, 0.15) is 12.0 Å². The number of rotatable bonds is 2. The van der Waals surface area contributed by atoms with Gasteiger partial charge in [-0.1, -0.05) is 12.2 Å². The van der Waals surface area contributed by atoms with Gasteiger partial charge in [0.05, 0.1) is 4.92 Å². The molecule has 0 unspecified atom stereocenters. The average Bonchev–Trinajstić information content (AvgIpc) is 2.89. The lowest BCUT2D eigenvalue weighted by atomic mass is 9.95. The maximum absolute atomic E-state index is 13.9. The van der Waals surface area contributed by atoms with Crippen molar-refractivity contribution in [2.75, 3.05) is 0 Å². The highest BCUT2D eigenvalue weighted by Gasteiger charge is 2.36. The SMILES string of the molecule is O=[N+]([O-])c1ccc(C2=C(F)[C@@H]3C=C[C@H]2C3)cc1. The highest BCUT2D eigenvalue weighted by molar-refractivity contribution is 5.75. The zero-order chi connectivity index (χ0) is 12.0. The Hall–Kier alpha value is -1.97. The van der Waals surface area contributed by atoms with Crippen LogP contribution in [0.5, 0.6) is 0 Å². The Balaban J connectivity index is 1.98. The summed E-state index contributed by atoms with van der Waals surface area (Å²) >= 11 is 0. The number of nitro groups is 1. The molecular weight excluding hydrogens is 221 g/mol. The fourth-order valence-electron chi connectivity index (χ4n) is 2.59. The van der Waals surface area contributed by atoms with E-state index in [1.165, 1.54) is 12.1 Å². The van der Waals surface area contributed by atoms with E-state index in [0.29, 0.717) is 5.57 Å². The van der Waals surface area contributed by atoms with Gasteiger partial charge in [0.2, 0.25) is 0 Å². The molecule has 2 aliphatic rings. The van der Waals surface area contributed by atoms with E-state index in [1.54, 1.807) is 12.1 Å². The predicted molar refractivity (Wildman–Crippen MR) is 61.9 cm³/mol. The van der Waals surface area contributed by atoms with Crippen molar-refractivity contribution in [1.29, 1.82) is 0 Å². The fourth-order valence-corrected chi connectivity index (χ4v) is 2.59. The van der Waals surface area contributed by atoms with Crippen LogP contribution in [0.4, 0.5) is 10.1 Å². The minimum absolute atomic E-state index is 0.0356. The van der Waals surface area contributed by atoms with Gasteiger partial charge in [-0.25, -0.2) is 4.39 Å². The number of fused-ring (bicyclic) bond motifs is 2. The highest BCUT2D eigenvalue weighted by Crippen LogP contribution is 2.48. The smallest absolute Gasteiger partial charge is 0.258 e. The number of nitrogens with zero attached hydrogens (tertiary/aromatic N) is 1. The van der Waals surface area contributed by atoms with E-state index in [0.717, 1.165) is 12.0 Å². The van der Waals surface area contributed by atoms with Gasteiger partial charge in [-0.05, 0) is 29.7 Å². The van der Waals surface area contributed by atoms with Crippen molar-refractivity contribution in [3.63, 3.8) is 0 Å². The van der Waals surface area contributed by atoms with E-state index in [4.69, 9.17) is 0 Å². The Morgan fingerprint density at radius 3 is 2.35 bits per heavy atom. The van der Waals surface area contributed by atoms with Crippen molar-refractivity contribution in [3.8, 4) is 0 Å². The number of non-ortho nitro benzene ring substituents is 1. The van der Waals surface area contributed by atoms with Crippen molar-refractivity contribution in [3.05, 3.63) is 57.9 Å². The lowest BCUT2D eigenvalue weighted by Crippen LogP contribution is -1.96. The summed E-state index contributed by atoms with van der Waals surface area (Å²) in [6.45, 7) is 0. The van der Waals surface area contributed by atoms with Crippen LogP contribution in [0.15, 0.2) is 42.2 Å². The molecule has 0 aliphatic heterocycles. The second-order valence-corrected chi connectivity index (χ2v) is 4.40. The molecule has 2 aliphatic carbocycles. The molecule has 0 aromatic heterocycles. The molecule has 0 heterocycles. The van der Waals surface area contributed by atoms with E-state index in [2.05, 4.69) is 0 Å². The van der Waals surface area contributed by atoms with E-state index in [-0.39, 0.29) is 23.4 Å². The molecule has 0 radical (unpaired) electrons. The molecule has 4 heteroatoms. The second-order valence-electron chi connectivity index (χ2n) is 4.40. The minimum Gasteiger partial charge on any atom is -0.258 e. The quantitative estimate of drug-likeness (QED) is 0.444. The second kappa shape index (κ2) is 3.52. The molecule has 0 fully saturated rings. The number of benzene rings is 1. The largest absolute Gasteiger partial charge is 0.269 e. The average molecular weight is 231 g/mol. The zero-order valence-electron chi connectivity index (χ0n) is 8.97. The van der Waals surface area contributed by atoms with Crippen LogP contribution in [0.3, 0.4) is 0 Å². The van der Waals surface area contributed by atoms with E-state index in [9.17, 15) is 14.5 Å². The van der Waals surface area contributed by atoms with Gasteiger partial charge in [-0.3, -0.25) is 10.1 Å². The lowest BCUT2D eigenvalue weighted by molar-refractivity contribution is -0.384. The van der Waals surface area contributed by atoms with Gasteiger partial charge in [0.15, 0.2) is 0 Å². The summed E-state index contributed by atoms with van der Waals surface area (Å²) in [6, 6.07) is 6.10. The van der Waals surface area contributed by atoms with Gasteiger partial charge in [0.1, 0.15) is 5.83 Å². The number of halogens is 1. The molecule has 0 N–H and O–H groups in total. The Kier molecular flexibility index (Phi) is 2.11. The zero-order valence-corrected chi connectivity index (χ0v) is 8.97. The Labute approximate surface area is 97.4 Å². The molecule has 86 valence electrons. The van der Waals surface area contributed by atoms with Gasteiger partial charge in [0, 0.05) is 24.0 Å². The first-order valence-corrected chi connectivity index (χ1v) is 5.49. The van der Waals surface area contributed by atoms with Crippen molar-refractivity contribution in [1.82, 2.24) is 0 Å². The first kappa shape index (κ1) is 10.2. The predicted octanol–water partition coefficient (Wildman–Crippen LogP) is 3.48. The van der Waals surface area contributed by atoms with Crippen molar-refractivity contribution >= 4 is 11.3 Å². The standard InChI is InChI=1S/C13H10FNO2/c14-13-10-2-1-9(7-10)12(13)8-3-5-11(6-4-8)15(16)17/h1-6,9-10H,7H2/t9-,10+/m0/s1. The monoisotopic (exact) mass is 231 g/mol. The van der Waals surface area contributed by atoms with Gasteiger partial charge < -0.3 is 0 Å². The molecule has 2 bridgehead atoms. The van der Waals surface area contributed by atoms with Crippen molar-refractivity contribution in [2.45, 2.75) is 6.42 Å². The van der Waals surface area contributed by atoms with E-state index in [1.807, 2.05) is 12.2 Å². The van der Waals surface area contributed by atoms with Crippen LogP contribution in [0.2, 0.25) is 0 Å². The lowest BCUT2D eigenvalue weighted by Gasteiger charge is -2.10. The highest BCUT2D eigenvalue weighted by atomic mass is 19.1. The molecule has 3 nitrogen and oxygen atoms in total. The normalized spacial score (nSPS) is 25.7. The molecular formula is C13H10FNO2. The minimum atomic E-state index is -0.449. The number of hydrogen-bond donors (Lipinski definition) is 0. The summed E-state index contributed by atoms with van der Waals surface area (Å²) in [7, 11) is 0. The molecule has 0 spiro atoms. The molecule has 3 rings (SSSR count). The summed E-state index contributed by atoms with van der Waals surface area (Å²) in [5.41, 5.74) is 1.49. The summed E-state index contributed by atoms with van der Waals surface area (Å²) in [4.78, 5) is 10.1. The number of hydrogen-bond acceptors (Lipinski definition) is 2. The first-order valence-electron chi connectivity index (χ1n) is 5.49. The van der Waals surface area contributed by atoms with Gasteiger partial charge >= 0.3 is 0 Å².